The van der Waals surface area contributed by atoms with Gasteiger partial charge >= 0.3 is 5.69 Å². The highest BCUT2D eigenvalue weighted by atomic mass is 19.1. The van der Waals surface area contributed by atoms with Crippen LogP contribution in [0.2, 0.25) is 0 Å². The Morgan fingerprint density at radius 1 is 1.14 bits per heavy atom. The maximum Gasteiger partial charge on any atom is 0.306 e. The van der Waals surface area contributed by atoms with E-state index in [4.69, 9.17) is 0 Å². The fraction of sp³-hybridized carbons (Fsp3) is 0.222. The molecule has 0 spiro atoms. The lowest BCUT2D eigenvalue weighted by Gasteiger charge is -2.16. The van der Waals surface area contributed by atoms with Crippen LogP contribution in [0.3, 0.4) is 0 Å². The first-order chi connectivity index (χ1) is 13.7. The van der Waals surface area contributed by atoms with Gasteiger partial charge in [-0.15, -0.1) is 0 Å². The molecule has 10 nitrogen and oxygen atoms in total. The Kier molecular flexibility index (Phi) is 5.22. The van der Waals surface area contributed by atoms with Crippen LogP contribution < -0.4 is 10.2 Å². The van der Waals surface area contributed by atoms with E-state index in [1.807, 2.05) is 0 Å². The van der Waals surface area contributed by atoms with Crippen LogP contribution in [-0.2, 0) is 9.59 Å². The van der Waals surface area contributed by atoms with Gasteiger partial charge in [0.05, 0.1) is 21.5 Å². The average molecular weight is 402 g/mol. The van der Waals surface area contributed by atoms with Gasteiger partial charge in [0, 0.05) is 36.3 Å². The normalized spacial score (nSPS) is 16.0. The Bertz CT molecular complexity index is 1040. The van der Waals surface area contributed by atoms with E-state index in [0.717, 1.165) is 12.1 Å². The zero-order valence-corrected chi connectivity index (χ0v) is 15.1. The second-order valence-corrected chi connectivity index (χ2v) is 6.55. The topological polar surface area (TPSA) is 136 Å². The minimum atomic E-state index is -1.03. The number of nitrogens with one attached hydrogen (secondary N) is 1. The first-order valence-electron chi connectivity index (χ1n) is 8.47. The maximum atomic E-state index is 13.5. The third-order valence-corrected chi connectivity index (χ3v) is 4.61. The first-order valence-corrected chi connectivity index (χ1v) is 8.47. The number of rotatable bonds is 5. The number of aryl methyl sites for hydroxylation is 1. The van der Waals surface area contributed by atoms with Gasteiger partial charge in [0.25, 0.3) is 5.69 Å². The van der Waals surface area contributed by atoms with Crippen LogP contribution in [0, 0.1) is 38.9 Å². The molecule has 0 aromatic heterocycles. The van der Waals surface area contributed by atoms with Crippen molar-refractivity contribution in [3.05, 3.63) is 68.0 Å². The summed E-state index contributed by atoms with van der Waals surface area (Å²) >= 11 is 0. The van der Waals surface area contributed by atoms with Crippen molar-refractivity contribution in [2.24, 2.45) is 5.92 Å². The molecule has 0 aliphatic carbocycles. The Morgan fingerprint density at radius 3 is 2.48 bits per heavy atom. The Hall–Kier alpha value is -3.89. The van der Waals surface area contributed by atoms with E-state index in [9.17, 15) is 34.2 Å². The van der Waals surface area contributed by atoms with Gasteiger partial charge in [-0.3, -0.25) is 29.8 Å². The van der Waals surface area contributed by atoms with Gasteiger partial charge in [-0.2, -0.15) is 4.39 Å². The smallest absolute Gasteiger partial charge is 0.306 e. The molecule has 29 heavy (non-hydrogen) atoms. The van der Waals surface area contributed by atoms with Crippen molar-refractivity contribution in [3.8, 4) is 0 Å². The predicted molar refractivity (Wildman–Crippen MR) is 100.0 cm³/mol. The van der Waals surface area contributed by atoms with Crippen LogP contribution in [0.4, 0.5) is 27.1 Å². The Balaban J connectivity index is 1.76. The van der Waals surface area contributed by atoms with Crippen molar-refractivity contribution in [1.82, 2.24) is 0 Å². The van der Waals surface area contributed by atoms with Crippen molar-refractivity contribution < 1.29 is 23.8 Å². The van der Waals surface area contributed by atoms with Crippen molar-refractivity contribution in [1.29, 1.82) is 0 Å². The molecule has 0 radical (unpaired) electrons. The van der Waals surface area contributed by atoms with Gasteiger partial charge < -0.3 is 10.2 Å². The molecular weight excluding hydrogens is 387 g/mol. The molecule has 1 saturated heterocycles. The summed E-state index contributed by atoms with van der Waals surface area (Å²) in [7, 11) is 0. The summed E-state index contributed by atoms with van der Waals surface area (Å²) in [6.07, 6.45) is -0.148. The fourth-order valence-corrected chi connectivity index (χ4v) is 3.07. The zero-order valence-electron chi connectivity index (χ0n) is 15.1. The van der Waals surface area contributed by atoms with Crippen molar-refractivity contribution in [2.75, 3.05) is 16.8 Å². The highest BCUT2D eigenvalue weighted by Crippen LogP contribution is 2.30. The number of carbonyl (C=O) groups excluding carboxylic acids is 2. The quantitative estimate of drug-likeness (QED) is 0.603. The summed E-state index contributed by atoms with van der Waals surface area (Å²) in [5, 5.41) is 24.5. The molecule has 3 rings (SSSR count). The molecule has 0 bridgehead atoms. The lowest BCUT2D eigenvalue weighted by molar-refractivity contribution is -0.387. The fourth-order valence-electron chi connectivity index (χ4n) is 3.07. The summed E-state index contributed by atoms with van der Waals surface area (Å²) in [6, 6.07) is 7.29. The first kappa shape index (κ1) is 19.9. The molecule has 1 aliphatic rings. The molecule has 2 amide bonds. The van der Waals surface area contributed by atoms with Crippen LogP contribution in [0.1, 0.15) is 12.0 Å². The Morgan fingerprint density at radius 2 is 1.83 bits per heavy atom. The molecule has 1 N–H and O–H groups in total. The van der Waals surface area contributed by atoms with Gasteiger partial charge in [-0.1, -0.05) is 6.07 Å². The summed E-state index contributed by atoms with van der Waals surface area (Å²) in [6.45, 7) is 1.51. The molecule has 1 aliphatic heterocycles. The molecule has 1 atom stereocenters. The van der Waals surface area contributed by atoms with E-state index in [2.05, 4.69) is 5.32 Å². The highest BCUT2D eigenvalue weighted by Gasteiger charge is 2.36. The van der Waals surface area contributed by atoms with Crippen molar-refractivity contribution in [3.63, 3.8) is 0 Å². The second-order valence-electron chi connectivity index (χ2n) is 6.55. The van der Waals surface area contributed by atoms with Gasteiger partial charge in [-0.25, -0.2) is 0 Å². The van der Waals surface area contributed by atoms with Crippen molar-refractivity contribution in [2.45, 2.75) is 13.3 Å². The van der Waals surface area contributed by atoms with Crippen LogP contribution in [0.15, 0.2) is 36.4 Å². The molecule has 0 saturated carbocycles. The van der Waals surface area contributed by atoms with E-state index >= 15 is 0 Å². The maximum absolute atomic E-state index is 13.5. The minimum absolute atomic E-state index is 0.0542. The summed E-state index contributed by atoms with van der Waals surface area (Å²) in [4.78, 5) is 46.4. The van der Waals surface area contributed by atoms with Crippen molar-refractivity contribution >= 4 is 34.6 Å². The van der Waals surface area contributed by atoms with Gasteiger partial charge in [-0.05, 0) is 25.1 Å². The Labute approximate surface area is 163 Å². The molecule has 1 heterocycles. The molecule has 2 aromatic rings. The summed E-state index contributed by atoms with van der Waals surface area (Å²) in [5.41, 5.74) is -0.145. The monoisotopic (exact) mass is 402 g/mol. The molecule has 1 unspecified atom stereocenters. The lowest BCUT2D eigenvalue weighted by Crippen LogP contribution is -2.28. The van der Waals surface area contributed by atoms with Gasteiger partial charge in [0.1, 0.15) is 0 Å². The van der Waals surface area contributed by atoms with Crippen LogP contribution in [0.5, 0.6) is 0 Å². The SMILES string of the molecule is Cc1ccc(NC(=O)C2CC(=O)N(c3ccc(F)c([N+](=O)[O-])c3)C2)cc1[N+](=O)[O-]. The number of anilines is 2. The van der Waals surface area contributed by atoms with E-state index in [1.165, 1.54) is 29.2 Å². The largest absolute Gasteiger partial charge is 0.326 e. The predicted octanol–water partition coefficient (Wildman–Crippen LogP) is 2.94. The number of hydrogen-bond acceptors (Lipinski definition) is 6. The summed E-state index contributed by atoms with van der Waals surface area (Å²) in [5.74, 6) is -2.76. The van der Waals surface area contributed by atoms with E-state index < -0.39 is 39.1 Å². The number of nitro benzene ring substituents is 2. The highest BCUT2D eigenvalue weighted by molar-refractivity contribution is 6.03. The molecule has 11 heteroatoms. The number of amides is 2. The van der Waals surface area contributed by atoms with E-state index in [0.29, 0.717) is 5.56 Å². The molecule has 1 fully saturated rings. The van der Waals surface area contributed by atoms with Gasteiger partial charge in [0.15, 0.2) is 0 Å². The van der Waals surface area contributed by atoms with Crippen LogP contribution in [0.25, 0.3) is 0 Å². The standard InChI is InChI=1S/C18H15FN4O6/c1-10-2-3-12(7-15(10)22(26)27)20-18(25)11-6-17(24)21(9-11)13-4-5-14(19)16(8-13)23(28)29/h2-5,7-8,11H,6,9H2,1H3,(H,20,25). The number of nitrogens with zero attached hydrogens (tertiary/aromatic N) is 3. The van der Waals surface area contributed by atoms with Crippen LogP contribution >= 0.6 is 0 Å². The third-order valence-electron chi connectivity index (χ3n) is 4.61. The van der Waals surface area contributed by atoms with Crippen LogP contribution in [-0.4, -0.2) is 28.2 Å². The number of nitro groups is 2. The zero-order chi connectivity index (χ0) is 21.3. The third kappa shape index (κ3) is 4.03. The summed E-state index contributed by atoms with van der Waals surface area (Å²) < 4.78 is 13.5. The number of benzene rings is 2. The number of halogens is 1. The molecule has 2 aromatic carbocycles. The molecular formula is C18H15FN4O6. The van der Waals surface area contributed by atoms with E-state index in [-0.39, 0.29) is 30.0 Å². The molecule has 150 valence electrons. The number of carbonyl (C=O) groups is 2. The minimum Gasteiger partial charge on any atom is -0.326 e. The van der Waals surface area contributed by atoms with E-state index in [1.54, 1.807) is 6.92 Å². The average Bonchev–Trinajstić information content (AvgIpc) is 3.05. The second kappa shape index (κ2) is 7.62. The number of hydrogen-bond donors (Lipinski definition) is 1. The van der Waals surface area contributed by atoms with Gasteiger partial charge in [0.2, 0.25) is 17.6 Å². The lowest BCUT2D eigenvalue weighted by atomic mass is 10.1.